The second-order valence-electron chi connectivity index (χ2n) is 11.1. The van der Waals surface area contributed by atoms with Crippen molar-refractivity contribution in [3.05, 3.63) is 132 Å². The van der Waals surface area contributed by atoms with Crippen LogP contribution in [0.4, 0.5) is 4.79 Å². The molecule has 3 N–H and O–H groups in total. The topological polar surface area (TPSA) is 141 Å². The predicted molar refractivity (Wildman–Crippen MR) is 180 cm³/mol. The lowest BCUT2D eigenvalue weighted by Gasteiger charge is -2.36. The van der Waals surface area contributed by atoms with Crippen molar-refractivity contribution in [1.29, 1.82) is 0 Å². The van der Waals surface area contributed by atoms with Crippen molar-refractivity contribution in [2.75, 3.05) is 12.4 Å². The normalized spacial score (nSPS) is 17.5. The first kappa shape index (κ1) is 32.9. The molecule has 2 heterocycles. The van der Waals surface area contributed by atoms with E-state index in [0.717, 1.165) is 39.1 Å². The molecule has 246 valence electrons. The summed E-state index contributed by atoms with van der Waals surface area (Å²) in [5.41, 5.74) is 6.41. The monoisotopic (exact) mass is 665 g/mol. The molecule has 5 aromatic rings. The lowest BCUT2D eigenvalue weighted by molar-refractivity contribution is -0.245. The largest absolute Gasteiger partial charge is 0.508 e. The Morgan fingerprint density at radius 1 is 0.979 bits per heavy atom. The molecule has 3 atom stereocenters. The van der Waals surface area contributed by atoms with Gasteiger partial charge in [0.25, 0.3) is 0 Å². The number of aromatic nitrogens is 4. The van der Waals surface area contributed by atoms with E-state index >= 15 is 0 Å². The smallest absolute Gasteiger partial charge is 0.407 e. The Labute approximate surface area is 282 Å². The van der Waals surface area contributed by atoms with E-state index in [4.69, 9.17) is 14.2 Å². The number of aromatic hydroxyl groups is 1. The minimum absolute atomic E-state index is 0.0272. The van der Waals surface area contributed by atoms with Crippen molar-refractivity contribution < 1.29 is 29.2 Å². The highest BCUT2D eigenvalue weighted by Crippen LogP contribution is 2.40. The van der Waals surface area contributed by atoms with Crippen LogP contribution in [0.5, 0.6) is 5.75 Å². The molecule has 1 amide bonds. The third kappa shape index (κ3) is 8.28. The summed E-state index contributed by atoms with van der Waals surface area (Å²) in [6, 6.07) is 30.5. The number of carbonyl (C=O) groups is 1. The van der Waals surface area contributed by atoms with E-state index in [0.29, 0.717) is 23.9 Å². The molecule has 1 aliphatic rings. The highest BCUT2D eigenvalue weighted by molar-refractivity contribution is 7.99. The Morgan fingerprint density at radius 2 is 1.75 bits per heavy atom. The minimum Gasteiger partial charge on any atom is -0.508 e. The van der Waals surface area contributed by atoms with Gasteiger partial charge in [-0.05, 0) is 68.6 Å². The molecule has 1 aliphatic heterocycles. The maximum Gasteiger partial charge on any atom is 0.407 e. The molecule has 0 bridgehead atoms. The van der Waals surface area contributed by atoms with E-state index in [1.165, 1.54) is 17.8 Å². The molecule has 6 rings (SSSR count). The van der Waals surface area contributed by atoms with Gasteiger partial charge in [-0.1, -0.05) is 91.1 Å². The fraction of sp³-hybridized carbons (Fsp3) is 0.222. The maximum atomic E-state index is 11.8. The summed E-state index contributed by atoms with van der Waals surface area (Å²) in [4.78, 5) is 11.8. The van der Waals surface area contributed by atoms with Crippen LogP contribution in [0, 0.1) is 0 Å². The van der Waals surface area contributed by atoms with Crippen molar-refractivity contribution in [1.82, 2.24) is 25.5 Å². The maximum absolute atomic E-state index is 11.8. The SMILES string of the molecule is C=CCOC(=O)NCc1cccc(-c2ccc([C@H]3O[C@@H](CSc4nnnn4-c4ccc(O)cc4)C[C@@H](c4ccc(CO)cc4)O3)cc2)c1. The number of phenolic OH excluding ortho intramolecular Hbond substituents is 1. The lowest BCUT2D eigenvalue weighted by atomic mass is 9.99. The second kappa shape index (κ2) is 15.7. The molecule has 11 nitrogen and oxygen atoms in total. The molecule has 0 spiro atoms. The molecular weight excluding hydrogens is 630 g/mol. The number of aliphatic hydroxyl groups is 1. The highest BCUT2D eigenvalue weighted by Gasteiger charge is 2.32. The van der Waals surface area contributed by atoms with E-state index in [1.807, 2.05) is 72.8 Å². The second-order valence-corrected chi connectivity index (χ2v) is 12.1. The number of nitrogens with one attached hydrogen (secondary N) is 1. The summed E-state index contributed by atoms with van der Waals surface area (Å²) >= 11 is 1.48. The van der Waals surface area contributed by atoms with E-state index in [2.05, 4.69) is 27.4 Å². The molecule has 1 aromatic heterocycles. The first-order chi connectivity index (χ1) is 23.5. The van der Waals surface area contributed by atoms with E-state index in [-0.39, 0.29) is 31.2 Å². The van der Waals surface area contributed by atoms with Crippen molar-refractivity contribution in [2.45, 2.75) is 43.2 Å². The standard InChI is InChI=1S/C36H35N5O6S/c1-2-18-45-36(44)37-21-25-4-3-5-29(19-25)26-10-12-28(13-11-26)34-46-32(20-33(47-34)27-8-6-24(22-42)7-9-27)23-48-35-38-39-40-41(35)30-14-16-31(43)17-15-30/h2-17,19,32-34,42-43H,1,18,20-23H2,(H,37,44)/t32-,33+,34+/m1/s1. The summed E-state index contributed by atoms with van der Waals surface area (Å²) < 4.78 is 19.7. The number of phenols is 1. The molecule has 1 fully saturated rings. The average molecular weight is 666 g/mol. The number of nitrogens with zero attached hydrogens (tertiary/aromatic N) is 4. The van der Waals surface area contributed by atoms with Gasteiger partial charge in [0.1, 0.15) is 12.4 Å². The van der Waals surface area contributed by atoms with Crippen LogP contribution >= 0.6 is 11.8 Å². The number of benzene rings is 4. The van der Waals surface area contributed by atoms with Crippen LogP contribution in [0.1, 0.15) is 41.1 Å². The Morgan fingerprint density at radius 3 is 2.50 bits per heavy atom. The highest BCUT2D eigenvalue weighted by atomic mass is 32.2. The Kier molecular flexibility index (Phi) is 10.8. The van der Waals surface area contributed by atoms with Crippen LogP contribution in [0.15, 0.2) is 115 Å². The van der Waals surface area contributed by atoms with Gasteiger partial charge in [-0.15, -0.1) is 5.10 Å². The molecule has 12 heteroatoms. The van der Waals surface area contributed by atoms with Gasteiger partial charge in [0.15, 0.2) is 6.29 Å². The van der Waals surface area contributed by atoms with Gasteiger partial charge in [0.2, 0.25) is 5.16 Å². The molecule has 0 saturated carbocycles. The fourth-order valence-corrected chi connectivity index (χ4v) is 6.18. The first-order valence-corrected chi connectivity index (χ1v) is 16.4. The van der Waals surface area contributed by atoms with Crippen LogP contribution in [0.3, 0.4) is 0 Å². The van der Waals surface area contributed by atoms with Crippen LogP contribution in [-0.2, 0) is 27.4 Å². The van der Waals surface area contributed by atoms with Crippen LogP contribution in [0.25, 0.3) is 16.8 Å². The molecule has 0 radical (unpaired) electrons. The van der Waals surface area contributed by atoms with Gasteiger partial charge in [0, 0.05) is 24.3 Å². The van der Waals surface area contributed by atoms with E-state index in [1.54, 1.807) is 28.9 Å². The lowest BCUT2D eigenvalue weighted by Crippen LogP contribution is -2.31. The molecule has 0 aliphatic carbocycles. The van der Waals surface area contributed by atoms with Crippen LogP contribution in [-0.4, -0.2) is 55.0 Å². The predicted octanol–water partition coefficient (Wildman–Crippen LogP) is 6.28. The van der Waals surface area contributed by atoms with Gasteiger partial charge in [-0.2, -0.15) is 4.68 Å². The zero-order valence-electron chi connectivity index (χ0n) is 26.0. The summed E-state index contributed by atoms with van der Waals surface area (Å²) in [7, 11) is 0. The Hall–Kier alpha value is -5.01. The first-order valence-electron chi connectivity index (χ1n) is 15.4. The van der Waals surface area contributed by atoms with Gasteiger partial charge in [0.05, 0.1) is 24.5 Å². The quantitative estimate of drug-likeness (QED) is 0.103. The molecule has 48 heavy (non-hydrogen) atoms. The van der Waals surface area contributed by atoms with Crippen molar-refractivity contribution >= 4 is 17.9 Å². The van der Waals surface area contributed by atoms with Crippen molar-refractivity contribution in [2.24, 2.45) is 0 Å². The number of tetrazole rings is 1. The number of rotatable bonds is 12. The molecule has 1 saturated heterocycles. The van der Waals surface area contributed by atoms with E-state index < -0.39 is 12.4 Å². The van der Waals surface area contributed by atoms with Crippen molar-refractivity contribution in [3.63, 3.8) is 0 Å². The molecule has 0 unspecified atom stereocenters. The fourth-order valence-electron chi connectivity index (χ4n) is 5.27. The summed E-state index contributed by atoms with van der Waals surface area (Å²) in [5.74, 6) is 0.738. The number of hydrogen-bond donors (Lipinski definition) is 3. The Balaban J connectivity index is 1.17. The minimum atomic E-state index is -0.619. The summed E-state index contributed by atoms with van der Waals surface area (Å²) in [5, 5.41) is 34.8. The number of amides is 1. The van der Waals surface area contributed by atoms with Gasteiger partial charge in [-0.25, -0.2) is 4.79 Å². The summed E-state index contributed by atoms with van der Waals surface area (Å²) in [6.07, 6.45) is 0.593. The zero-order chi connectivity index (χ0) is 33.3. The van der Waals surface area contributed by atoms with Crippen molar-refractivity contribution in [3.8, 4) is 22.6 Å². The average Bonchev–Trinajstić information content (AvgIpc) is 3.61. The number of alkyl carbamates (subject to hydrolysis) is 1. The molecule has 4 aromatic carbocycles. The summed E-state index contributed by atoms with van der Waals surface area (Å²) in [6.45, 7) is 4.02. The number of carbonyl (C=O) groups excluding carboxylic acids is 1. The Bertz CT molecular complexity index is 1810. The third-order valence-corrected chi connectivity index (χ3v) is 8.81. The van der Waals surface area contributed by atoms with Gasteiger partial charge >= 0.3 is 6.09 Å². The van der Waals surface area contributed by atoms with Gasteiger partial charge < -0.3 is 29.7 Å². The zero-order valence-corrected chi connectivity index (χ0v) is 26.8. The van der Waals surface area contributed by atoms with Gasteiger partial charge in [-0.3, -0.25) is 0 Å². The number of hydrogen-bond acceptors (Lipinski definition) is 10. The molecular formula is C36H35N5O6S. The van der Waals surface area contributed by atoms with Crippen LogP contribution < -0.4 is 5.32 Å². The van der Waals surface area contributed by atoms with E-state index in [9.17, 15) is 15.0 Å². The number of ether oxygens (including phenoxy) is 3. The number of aliphatic hydroxyl groups excluding tert-OH is 1. The van der Waals surface area contributed by atoms with Crippen LogP contribution in [0.2, 0.25) is 0 Å². The number of thioether (sulfide) groups is 1. The third-order valence-electron chi connectivity index (χ3n) is 7.76.